The van der Waals surface area contributed by atoms with E-state index < -0.39 is 16.0 Å². The molecule has 0 spiro atoms. The van der Waals surface area contributed by atoms with Crippen LogP contribution >= 0.6 is 11.3 Å². The fourth-order valence-corrected chi connectivity index (χ4v) is 5.10. The summed E-state index contributed by atoms with van der Waals surface area (Å²) in [6.07, 6.45) is 3.96. The Labute approximate surface area is 156 Å². The highest BCUT2D eigenvalue weighted by molar-refractivity contribution is 7.89. The van der Waals surface area contributed by atoms with E-state index in [-0.39, 0.29) is 6.54 Å². The van der Waals surface area contributed by atoms with Crippen LogP contribution in [0.5, 0.6) is 0 Å². The number of aliphatic carboxylic acids is 1. The van der Waals surface area contributed by atoms with Gasteiger partial charge < -0.3 is 10.4 Å². The molecular formula is C17H21N3O4S2. The van der Waals surface area contributed by atoms with E-state index in [1.165, 1.54) is 11.3 Å². The van der Waals surface area contributed by atoms with Crippen LogP contribution < -0.4 is 5.32 Å². The molecule has 140 valence electrons. The van der Waals surface area contributed by atoms with Crippen molar-refractivity contribution in [3.05, 3.63) is 29.6 Å². The Balaban J connectivity index is 1.74. The number of anilines is 1. The number of nitrogens with one attached hydrogen (secondary N) is 1. The highest BCUT2D eigenvalue weighted by Crippen LogP contribution is 2.27. The predicted octanol–water partition coefficient (Wildman–Crippen LogP) is 2.87. The van der Waals surface area contributed by atoms with Gasteiger partial charge in [0.25, 0.3) is 0 Å². The van der Waals surface area contributed by atoms with Gasteiger partial charge in [0.15, 0.2) is 5.13 Å². The number of sulfonamides is 1. The average molecular weight is 396 g/mol. The molecule has 0 atom stereocenters. The van der Waals surface area contributed by atoms with Crippen molar-refractivity contribution in [3.63, 3.8) is 0 Å². The van der Waals surface area contributed by atoms with Crippen LogP contribution in [-0.2, 0) is 14.8 Å². The molecule has 2 aromatic rings. The van der Waals surface area contributed by atoms with Gasteiger partial charge in [-0.15, -0.1) is 11.3 Å². The zero-order valence-corrected chi connectivity index (χ0v) is 15.9. The van der Waals surface area contributed by atoms with Crippen LogP contribution in [0.3, 0.4) is 0 Å². The maximum Gasteiger partial charge on any atom is 0.322 e. The number of carboxylic acid groups (broad SMARTS) is 1. The molecule has 0 radical (unpaired) electrons. The highest BCUT2D eigenvalue weighted by atomic mass is 32.2. The lowest BCUT2D eigenvalue weighted by Gasteiger charge is -2.19. The van der Waals surface area contributed by atoms with Crippen LogP contribution in [0.1, 0.15) is 25.7 Å². The van der Waals surface area contributed by atoms with E-state index >= 15 is 0 Å². The van der Waals surface area contributed by atoms with Gasteiger partial charge in [0, 0.05) is 24.0 Å². The lowest BCUT2D eigenvalue weighted by atomic mass is 10.2. The van der Waals surface area contributed by atoms with Crippen molar-refractivity contribution >= 4 is 32.5 Å². The first kappa shape index (κ1) is 18.8. The third-order valence-corrected chi connectivity index (χ3v) is 6.96. The summed E-state index contributed by atoms with van der Waals surface area (Å²) in [5.74, 6) is -0.954. The summed E-state index contributed by atoms with van der Waals surface area (Å²) < 4.78 is 27.2. The van der Waals surface area contributed by atoms with Gasteiger partial charge in [-0.2, -0.15) is 4.31 Å². The number of nitrogens with zero attached hydrogens (tertiary/aromatic N) is 2. The molecule has 2 N–H and O–H groups in total. The van der Waals surface area contributed by atoms with E-state index in [2.05, 4.69) is 10.3 Å². The second-order valence-corrected chi connectivity index (χ2v) is 8.92. The van der Waals surface area contributed by atoms with Crippen molar-refractivity contribution in [2.45, 2.75) is 30.6 Å². The monoisotopic (exact) mass is 395 g/mol. The summed E-state index contributed by atoms with van der Waals surface area (Å²) in [7, 11) is -3.46. The standard InChI is InChI=1S/C17H21N3O4S2/c21-16(22)11-18-17-19-15(12-25-17)13-5-7-14(8-6-13)26(23,24)20-9-3-1-2-4-10-20/h5-8,12H,1-4,9-11H2,(H,18,19)(H,21,22). The Hall–Kier alpha value is -1.97. The Bertz CT molecular complexity index is 854. The van der Waals surface area contributed by atoms with Crippen LogP contribution in [0.4, 0.5) is 5.13 Å². The van der Waals surface area contributed by atoms with Crippen molar-refractivity contribution < 1.29 is 18.3 Å². The van der Waals surface area contributed by atoms with Crippen molar-refractivity contribution in [2.24, 2.45) is 0 Å². The summed E-state index contributed by atoms with van der Waals surface area (Å²) in [5.41, 5.74) is 1.47. The van der Waals surface area contributed by atoms with Gasteiger partial charge in [-0.3, -0.25) is 4.79 Å². The van der Waals surface area contributed by atoms with Crippen LogP contribution in [0.25, 0.3) is 11.3 Å². The maximum absolute atomic E-state index is 12.8. The number of thiazole rings is 1. The second-order valence-electron chi connectivity index (χ2n) is 6.13. The first-order chi connectivity index (χ1) is 12.5. The third kappa shape index (κ3) is 4.40. The van der Waals surface area contributed by atoms with E-state index in [0.29, 0.717) is 28.8 Å². The zero-order valence-electron chi connectivity index (χ0n) is 14.2. The SMILES string of the molecule is O=C(O)CNc1nc(-c2ccc(S(=O)(=O)N3CCCCCC3)cc2)cs1. The van der Waals surface area contributed by atoms with E-state index in [1.807, 2.05) is 5.38 Å². The second kappa shape index (κ2) is 8.15. The number of hydrogen-bond acceptors (Lipinski definition) is 6. The maximum atomic E-state index is 12.8. The molecule has 1 aliphatic rings. The molecule has 7 nitrogen and oxygen atoms in total. The van der Waals surface area contributed by atoms with E-state index in [1.54, 1.807) is 28.6 Å². The molecule has 1 aliphatic heterocycles. The van der Waals surface area contributed by atoms with Crippen LogP contribution in [0.2, 0.25) is 0 Å². The Morgan fingerprint density at radius 3 is 2.42 bits per heavy atom. The van der Waals surface area contributed by atoms with Gasteiger partial charge in [0.2, 0.25) is 10.0 Å². The Kier molecular flexibility index (Phi) is 5.90. The van der Waals surface area contributed by atoms with Crippen molar-refractivity contribution in [1.29, 1.82) is 0 Å². The normalized spacial score (nSPS) is 16.2. The molecule has 0 bridgehead atoms. The van der Waals surface area contributed by atoms with Gasteiger partial charge in [-0.25, -0.2) is 13.4 Å². The number of rotatable bonds is 6. The van der Waals surface area contributed by atoms with Crippen LogP contribution in [-0.4, -0.2) is 48.4 Å². The smallest absolute Gasteiger partial charge is 0.322 e. The van der Waals surface area contributed by atoms with E-state index in [9.17, 15) is 13.2 Å². The zero-order chi connectivity index (χ0) is 18.6. The Morgan fingerprint density at radius 1 is 1.15 bits per heavy atom. The topological polar surface area (TPSA) is 99.6 Å². The molecule has 26 heavy (non-hydrogen) atoms. The van der Waals surface area contributed by atoms with E-state index in [4.69, 9.17) is 5.11 Å². The molecule has 0 unspecified atom stereocenters. The van der Waals surface area contributed by atoms with Gasteiger partial charge in [0.1, 0.15) is 6.54 Å². The van der Waals surface area contributed by atoms with Crippen molar-refractivity contribution in [2.75, 3.05) is 25.0 Å². The molecule has 2 heterocycles. The molecule has 0 amide bonds. The number of carboxylic acids is 1. The van der Waals surface area contributed by atoms with E-state index in [0.717, 1.165) is 31.2 Å². The number of carbonyl (C=O) groups is 1. The highest BCUT2D eigenvalue weighted by Gasteiger charge is 2.25. The average Bonchev–Trinajstić information content (AvgIpc) is 2.92. The predicted molar refractivity (Wildman–Crippen MR) is 101 cm³/mol. The van der Waals surface area contributed by atoms with Gasteiger partial charge in [-0.1, -0.05) is 25.0 Å². The molecule has 1 fully saturated rings. The summed E-state index contributed by atoms with van der Waals surface area (Å²) in [4.78, 5) is 15.2. The lowest BCUT2D eigenvalue weighted by Crippen LogP contribution is -2.31. The molecule has 9 heteroatoms. The first-order valence-electron chi connectivity index (χ1n) is 8.48. The largest absolute Gasteiger partial charge is 0.480 e. The molecule has 0 saturated carbocycles. The molecule has 3 rings (SSSR count). The summed E-state index contributed by atoms with van der Waals surface area (Å²) in [6, 6.07) is 6.69. The summed E-state index contributed by atoms with van der Waals surface area (Å²) in [6.45, 7) is 0.962. The number of hydrogen-bond donors (Lipinski definition) is 2. The molecule has 1 aromatic heterocycles. The van der Waals surface area contributed by atoms with Crippen molar-refractivity contribution in [3.8, 4) is 11.3 Å². The van der Waals surface area contributed by atoms with Crippen LogP contribution in [0.15, 0.2) is 34.5 Å². The number of benzene rings is 1. The van der Waals surface area contributed by atoms with Gasteiger partial charge >= 0.3 is 5.97 Å². The number of aromatic nitrogens is 1. The first-order valence-corrected chi connectivity index (χ1v) is 10.8. The quantitative estimate of drug-likeness (QED) is 0.780. The Morgan fingerprint density at radius 2 is 1.81 bits per heavy atom. The minimum atomic E-state index is -3.46. The summed E-state index contributed by atoms with van der Waals surface area (Å²) in [5, 5.41) is 13.7. The molecule has 1 aromatic carbocycles. The fourth-order valence-electron chi connectivity index (χ4n) is 2.87. The van der Waals surface area contributed by atoms with Gasteiger partial charge in [0.05, 0.1) is 10.6 Å². The van der Waals surface area contributed by atoms with Gasteiger partial charge in [-0.05, 0) is 25.0 Å². The minimum Gasteiger partial charge on any atom is -0.480 e. The lowest BCUT2D eigenvalue weighted by molar-refractivity contribution is -0.134. The summed E-state index contributed by atoms with van der Waals surface area (Å²) >= 11 is 1.31. The minimum absolute atomic E-state index is 0.194. The molecule has 0 aliphatic carbocycles. The van der Waals surface area contributed by atoms with Crippen molar-refractivity contribution in [1.82, 2.24) is 9.29 Å². The molecular weight excluding hydrogens is 374 g/mol. The third-order valence-electron chi connectivity index (χ3n) is 4.25. The molecule has 1 saturated heterocycles. The fraction of sp³-hybridized carbons (Fsp3) is 0.412. The van der Waals surface area contributed by atoms with Crippen LogP contribution in [0, 0.1) is 0 Å².